The maximum Gasteiger partial charge on any atom is 0.134 e. The van der Waals surface area contributed by atoms with Gasteiger partial charge in [-0.2, -0.15) is 0 Å². The first-order chi connectivity index (χ1) is 9.33. The minimum absolute atomic E-state index is 0.786. The molecule has 1 aromatic carbocycles. The Hall–Kier alpha value is -1.70. The predicted molar refractivity (Wildman–Crippen MR) is 75.7 cm³/mol. The van der Waals surface area contributed by atoms with Gasteiger partial charge in [0, 0.05) is 26.2 Å². The molecule has 19 heavy (non-hydrogen) atoms. The fourth-order valence-electron chi connectivity index (χ4n) is 2.03. The summed E-state index contributed by atoms with van der Waals surface area (Å²) in [7, 11) is 3.31. The average Bonchev–Trinajstić information content (AvgIpc) is 2.48. The third-order valence-corrected chi connectivity index (χ3v) is 3.14. The van der Waals surface area contributed by atoms with Gasteiger partial charge >= 0.3 is 0 Å². The van der Waals surface area contributed by atoms with Crippen molar-refractivity contribution in [3.05, 3.63) is 23.8 Å². The Morgan fingerprint density at radius 3 is 2.68 bits per heavy atom. The Kier molecular flexibility index (Phi) is 5.08. The van der Waals surface area contributed by atoms with E-state index in [0.29, 0.717) is 0 Å². The van der Waals surface area contributed by atoms with E-state index >= 15 is 0 Å². The number of benzene rings is 1. The highest BCUT2D eigenvalue weighted by Crippen LogP contribution is 2.22. The van der Waals surface area contributed by atoms with Gasteiger partial charge in [-0.3, -0.25) is 4.90 Å². The Morgan fingerprint density at radius 1 is 1.21 bits per heavy atom. The molecule has 0 radical (unpaired) electrons. The zero-order valence-electron chi connectivity index (χ0n) is 11.5. The van der Waals surface area contributed by atoms with Crippen molar-refractivity contribution in [2.45, 2.75) is 0 Å². The van der Waals surface area contributed by atoms with Gasteiger partial charge in [0.2, 0.25) is 0 Å². The van der Waals surface area contributed by atoms with Crippen LogP contribution in [0.3, 0.4) is 0 Å². The van der Waals surface area contributed by atoms with Crippen LogP contribution >= 0.6 is 0 Å². The molecule has 2 rings (SSSR count). The molecule has 1 aliphatic rings. The summed E-state index contributed by atoms with van der Waals surface area (Å²) < 4.78 is 10.5. The summed E-state index contributed by atoms with van der Waals surface area (Å²) in [5.74, 6) is 7.96. The fraction of sp³-hybridized carbons (Fsp3) is 0.467. The maximum absolute atomic E-state index is 5.31. The highest BCUT2D eigenvalue weighted by atomic mass is 16.5. The summed E-state index contributed by atoms with van der Waals surface area (Å²) in [6, 6.07) is 5.66. The Balaban J connectivity index is 2.04. The topological polar surface area (TPSA) is 33.7 Å². The van der Waals surface area contributed by atoms with Crippen LogP contribution in [-0.2, 0) is 0 Å². The lowest BCUT2D eigenvalue weighted by atomic mass is 10.2. The molecule has 1 aromatic rings. The van der Waals surface area contributed by atoms with E-state index in [1.54, 1.807) is 14.2 Å². The van der Waals surface area contributed by atoms with Gasteiger partial charge in [0.05, 0.1) is 26.3 Å². The van der Waals surface area contributed by atoms with E-state index < -0.39 is 0 Å². The van der Waals surface area contributed by atoms with Crippen molar-refractivity contribution in [1.82, 2.24) is 10.2 Å². The molecule has 0 atom stereocenters. The van der Waals surface area contributed by atoms with Crippen LogP contribution in [0.1, 0.15) is 5.56 Å². The Morgan fingerprint density at radius 2 is 2.00 bits per heavy atom. The predicted octanol–water partition coefficient (Wildman–Crippen LogP) is 0.960. The van der Waals surface area contributed by atoms with Crippen LogP contribution in [0.2, 0.25) is 0 Å². The molecule has 1 saturated heterocycles. The largest absolute Gasteiger partial charge is 0.497 e. The third kappa shape index (κ3) is 3.88. The SMILES string of the molecule is COc1ccc(OC)c(C#CCN2CCNCC2)c1. The lowest BCUT2D eigenvalue weighted by Gasteiger charge is -2.24. The number of nitrogens with one attached hydrogen (secondary N) is 1. The molecule has 1 aliphatic heterocycles. The van der Waals surface area contributed by atoms with E-state index in [1.807, 2.05) is 18.2 Å². The Labute approximate surface area is 114 Å². The van der Waals surface area contributed by atoms with E-state index in [9.17, 15) is 0 Å². The molecule has 0 saturated carbocycles. The highest BCUT2D eigenvalue weighted by Gasteiger charge is 2.07. The van der Waals surface area contributed by atoms with E-state index in [1.165, 1.54) is 0 Å². The zero-order chi connectivity index (χ0) is 13.5. The molecule has 0 spiro atoms. The molecule has 102 valence electrons. The highest BCUT2D eigenvalue weighted by molar-refractivity contribution is 5.50. The van der Waals surface area contributed by atoms with Crippen LogP contribution in [0.5, 0.6) is 11.5 Å². The molecular formula is C15H20N2O2. The van der Waals surface area contributed by atoms with Gasteiger partial charge in [-0.15, -0.1) is 0 Å². The molecule has 0 unspecified atom stereocenters. The van der Waals surface area contributed by atoms with Gasteiger partial charge in [0.25, 0.3) is 0 Å². The second-order valence-corrected chi connectivity index (χ2v) is 4.39. The van der Waals surface area contributed by atoms with Crippen molar-refractivity contribution in [3.63, 3.8) is 0 Å². The molecule has 0 bridgehead atoms. The fourth-order valence-corrected chi connectivity index (χ4v) is 2.03. The van der Waals surface area contributed by atoms with E-state index in [-0.39, 0.29) is 0 Å². The number of nitrogens with zero attached hydrogens (tertiary/aromatic N) is 1. The number of hydrogen-bond acceptors (Lipinski definition) is 4. The minimum atomic E-state index is 0.786. The molecule has 1 heterocycles. The van der Waals surface area contributed by atoms with Gasteiger partial charge in [-0.05, 0) is 18.2 Å². The van der Waals surface area contributed by atoms with Crippen LogP contribution in [-0.4, -0.2) is 51.8 Å². The molecular weight excluding hydrogens is 240 g/mol. The zero-order valence-corrected chi connectivity index (χ0v) is 11.5. The van der Waals surface area contributed by atoms with Crippen molar-refractivity contribution in [3.8, 4) is 23.3 Å². The summed E-state index contributed by atoms with van der Waals surface area (Å²) in [5, 5.41) is 3.33. The van der Waals surface area contributed by atoms with Crippen LogP contribution in [0.4, 0.5) is 0 Å². The molecule has 0 aliphatic carbocycles. The van der Waals surface area contributed by atoms with E-state index in [4.69, 9.17) is 9.47 Å². The van der Waals surface area contributed by atoms with E-state index in [0.717, 1.165) is 49.8 Å². The first-order valence-electron chi connectivity index (χ1n) is 6.47. The second-order valence-electron chi connectivity index (χ2n) is 4.39. The summed E-state index contributed by atoms with van der Waals surface area (Å²) in [6.07, 6.45) is 0. The quantitative estimate of drug-likeness (QED) is 0.821. The lowest BCUT2D eigenvalue weighted by Crippen LogP contribution is -2.43. The first kappa shape index (κ1) is 13.7. The van der Waals surface area contributed by atoms with Gasteiger partial charge in [-0.1, -0.05) is 11.8 Å². The van der Waals surface area contributed by atoms with Crippen LogP contribution in [0, 0.1) is 11.8 Å². The van der Waals surface area contributed by atoms with Crippen molar-refractivity contribution in [2.24, 2.45) is 0 Å². The molecule has 0 amide bonds. The number of rotatable bonds is 3. The van der Waals surface area contributed by atoms with Crippen molar-refractivity contribution in [1.29, 1.82) is 0 Å². The number of hydrogen-bond donors (Lipinski definition) is 1. The number of methoxy groups -OCH3 is 2. The smallest absolute Gasteiger partial charge is 0.134 e. The van der Waals surface area contributed by atoms with Gasteiger partial charge in [-0.25, -0.2) is 0 Å². The summed E-state index contributed by atoms with van der Waals surface area (Å²) >= 11 is 0. The Bertz CT molecular complexity index is 471. The second kappa shape index (κ2) is 7.03. The van der Waals surface area contributed by atoms with Gasteiger partial charge < -0.3 is 14.8 Å². The third-order valence-electron chi connectivity index (χ3n) is 3.14. The summed E-state index contributed by atoms with van der Waals surface area (Å²) in [6.45, 7) is 5.00. The number of ether oxygens (including phenoxy) is 2. The molecule has 4 nitrogen and oxygen atoms in total. The molecule has 1 N–H and O–H groups in total. The van der Waals surface area contributed by atoms with E-state index in [2.05, 4.69) is 22.1 Å². The maximum atomic E-state index is 5.31. The molecule has 1 fully saturated rings. The van der Waals surface area contributed by atoms with Gasteiger partial charge in [0.15, 0.2) is 0 Å². The molecule has 0 aromatic heterocycles. The number of piperazine rings is 1. The van der Waals surface area contributed by atoms with Crippen molar-refractivity contribution >= 4 is 0 Å². The van der Waals surface area contributed by atoms with Crippen molar-refractivity contribution in [2.75, 3.05) is 46.9 Å². The van der Waals surface area contributed by atoms with Gasteiger partial charge in [0.1, 0.15) is 11.5 Å². The lowest BCUT2D eigenvalue weighted by molar-refractivity contribution is 0.268. The average molecular weight is 260 g/mol. The minimum Gasteiger partial charge on any atom is -0.497 e. The van der Waals surface area contributed by atoms with Crippen LogP contribution in [0.25, 0.3) is 0 Å². The summed E-state index contributed by atoms with van der Waals surface area (Å²) in [5.41, 5.74) is 0.872. The molecule has 4 heteroatoms. The van der Waals surface area contributed by atoms with Crippen molar-refractivity contribution < 1.29 is 9.47 Å². The van der Waals surface area contributed by atoms with Crippen LogP contribution < -0.4 is 14.8 Å². The first-order valence-corrected chi connectivity index (χ1v) is 6.47. The standard InChI is InChI=1S/C15H20N2O2/c1-18-14-5-6-15(19-2)13(12-14)4-3-9-17-10-7-16-8-11-17/h5-6,12,16H,7-11H2,1-2H3. The monoisotopic (exact) mass is 260 g/mol. The van der Waals surface area contributed by atoms with Crippen LogP contribution in [0.15, 0.2) is 18.2 Å². The summed E-state index contributed by atoms with van der Waals surface area (Å²) in [4.78, 5) is 2.34. The normalized spacial score (nSPS) is 15.5.